The SMILES string of the molecule is CN1CCc2c(sc3ncn(CC[NH+]4CCN(c5snc6ccccc56)CC4)c(=O)c23)C1.[Cl-]. The fourth-order valence-corrected chi connectivity index (χ4v) is 7.14. The van der Waals surface area contributed by atoms with Crippen LogP contribution in [0, 0.1) is 0 Å². The maximum Gasteiger partial charge on any atom is 0.262 e. The van der Waals surface area contributed by atoms with Crippen molar-refractivity contribution in [3.8, 4) is 0 Å². The minimum absolute atomic E-state index is 0. The van der Waals surface area contributed by atoms with Crippen LogP contribution in [-0.2, 0) is 19.5 Å². The van der Waals surface area contributed by atoms with Crippen LogP contribution >= 0.6 is 22.9 Å². The van der Waals surface area contributed by atoms with Crippen molar-refractivity contribution in [3.05, 3.63) is 51.4 Å². The summed E-state index contributed by atoms with van der Waals surface area (Å²) in [5.41, 5.74) is 2.48. The van der Waals surface area contributed by atoms with Gasteiger partial charge in [0, 0.05) is 23.4 Å². The molecule has 0 saturated carbocycles. The van der Waals surface area contributed by atoms with E-state index in [-0.39, 0.29) is 18.0 Å². The van der Waals surface area contributed by atoms with Crippen LogP contribution in [0.15, 0.2) is 35.4 Å². The summed E-state index contributed by atoms with van der Waals surface area (Å²) in [4.78, 5) is 26.4. The number of hydrogen-bond donors (Lipinski definition) is 1. The highest BCUT2D eigenvalue weighted by atomic mass is 35.5. The highest BCUT2D eigenvalue weighted by molar-refractivity contribution is 7.18. The molecule has 5 heterocycles. The molecule has 0 amide bonds. The lowest BCUT2D eigenvalue weighted by Crippen LogP contribution is -3.15. The molecule has 0 atom stereocenters. The summed E-state index contributed by atoms with van der Waals surface area (Å²) in [5.74, 6) is 0. The van der Waals surface area contributed by atoms with E-state index < -0.39 is 0 Å². The van der Waals surface area contributed by atoms with E-state index in [9.17, 15) is 4.79 Å². The average molecular weight is 503 g/mol. The Morgan fingerprint density at radius 3 is 2.82 bits per heavy atom. The zero-order valence-corrected chi connectivity index (χ0v) is 21.0. The Labute approximate surface area is 206 Å². The Balaban J connectivity index is 0.00000228. The Bertz CT molecular complexity index is 1340. The number of aromatic nitrogens is 3. The van der Waals surface area contributed by atoms with Gasteiger partial charge in [0.1, 0.15) is 9.83 Å². The molecule has 0 bridgehead atoms. The van der Waals surface area contributed by atoms with Gasteiger partial charge in [0.25, 0.3) is 5.56 Å². The molecule has 3 aromatic heterocycles. The first kappa shape index (κ1) is 22.7. The third kappa shape index (κ3) is 4.17. The normalized spacial score (nSPS) is 17.4. The first-order chi connectivity index (χ1) is 15.7. The summed E-state index contributed by atoms with van der Waals surface area (Å²) in [6.07, 6.45) is 2.71. The first-order valence-corrected chi connectivity index (χ1v) is 12.9. The van der Waals surface area contributed by atoms with E-state index in [0.717, 1.165) is 74.5 Å². The van der Waals surface area contributed by atoms with Crippen LogP contribution in [0.1, 0.15) is 10.4 Å². The second-order valence-corrected chi connectivity index (χ2v) is 10.7. The molecule has 10 heteroatoms. The standard InChI is InChI=1S/C23H26N6OS2.ClH/c1-26-7-6-17-19(14-26)31-21-20(17)22(30)29(15-24-21)13-10-27-8-11-28(12-9-27)23-16-4-2-3-5-18(16)25-32-23;/h2-5,15H,6-14H2,1H3;1H. The summed E-state index contributed by atoms with van der Waals surface area (Å²) in [6, 6.07) is 8.39. The molecule has 7 nitrogen and oxygen atoms in total. The van der Waals surface area contributed by atoms with Crippen molar-refractivity contribution >= 4 is 49.0 Å². The van der Waals surface area contributed by atoms with Crippen molar-refractivity contribution < 1.29 is 17.3 Å². The van der Waals surface area contributed by atoms with Crippen molar-refractivity contribution in [3.63, 3.8) is 0 Å². The number of fused-ring (bicyclic) bond motifs is 4. The summed E-state index contributed by atoms with van der Waals surface area (Å²) in [6.45, 7) is 7.84. The van der Waals surface area contributed by atoms with Gasteiger partial charge in [-0.3, -0.25) is 9.36 Å². The molecule has 174 valence electrons. The molecule has 0 aliphatic carbocycles. The van der Waals surface area contributed by atoms with Gasteiger partial charge in [0.2, 0.25) is 0 Å². The number of nitrogens with one attached hydrogen (secondary N) is 1. The van der Waals surface area contributed by atoms with E-state index in [1.807, 2.05) is 10.6 Å². The lowest BCUT2D eigenvalue weighted by atomic mass is 10.1. The van der Waals surface area contributed by atoms with E-state index in [2.05, 4.69) is 44.4 Å². The number of benzene rings is 1. The molecule has 1 fully saturated rings. The lowest BCUT2D eigenvalue weighted by Gasteiger charge is -2.32. The summed E-state index contributed by atoms with van der Waals surface area (Å²) >= 11 is 3.30. The van der Waals surface area contributed by atoms with Crippen LogP contribution in [0.25, 0.3) is 21.1 Å². The molecule has 1 aromatic carbocycles. The molecule has 2 aliphatic heterocycles. The van der Waals surface area contributed by atoms with Crippen molar-refractivity contribution in [2.24, 2.45) is 0 Å². The van der Waals surface area contributed by atoms with Crippen LogP contribution in [0.3, 0.4) is 0 Å². The Hall–Kier alpha value is -2.04. The smallest absolute Gasteiger partial charge is 0.262 e. The van der Waals surface area contributed by atoms with E-state index in [1.54, 1.807) is 34.1 Å². The number of likely N-dealkylation sites (N-methyl/N-ethyl adjacent to an activating group) is 1. The van der Waals surface area contributed by atoms with Gasteiger partial charge < -0.3 is 27.1 Å². The molecular weight excluding hydrogens is 476 g/mol. The minimum Gasteiger partial charge on any atom is -1.00 e. The molecule has 0 spiro atoms. The van der Waals surface area contributed by atoms with Gasteiger partial charge in [-0.05, 0) is 42.7 Å². The van der Waals surface area contributed by atoms with Crippen molar-refractivity contribution in [2.45, 2.75) is 19.5 Å². The van der Waals surface area contributed by atoms with Crippen molar-refractivity contribution in [1.29, 1.82) is 0 Å². The number of thiophene rings is 1. The predicted octanol–water partition coefficient (Wildman–Crippen LogP) is -1.54. The van der Waals surface area contributed by atoms with Crippen LogP contribution < -0.4 is 27.8 Å². The molecule has 4 aromatic rings. The fraction of sp³-hybridized carbons (Fsp3) is 0.435. The Kier molecular flexibility index (Phi) is 6.41. The van der Waals surface area contributed by atoms with Gasteiger partial charge in [-0.15, -0.1) is 11.3 Å². The molecule has 1 N–H and O–H groups in total. The number of anilines is 1. The lowest BCUT2D eigenvalue weighted by molar-refractivity contribution is -0.901. The second kappa shape index (κ2) is 9.31. The average Bonchev–Trinajstić information content (AvgIpc) is 3.40. The molecule has 33 heavy (non-hydrogen) atoms. The largest absolute Gasteiger partial charge is 1.00 e. The first-order valence-electron chi connectivity index (χ1n) is 11.3. The molecule has 2 aliphatic rings. The van der Waals surface area contributed by atoms with Crippen molar-refractivity contribution in [2.75, 3.05) is 51.2 Å². The number of piperazine rings is 1. The molecule has 1 saturated heterocycles. The summed E-state index contributed by atoms with van der Waals surface area (Å²) in [7, 11) is 2.14. The highest BCUT2D eigenvalue weighted by Crippen LogP contribution is 2.32. The van der Waals surface area contributed by atoms with E-state index in [0.29, 0.717) is 0 Å². The number of nitrogens with zero attached hydrogens (tertiary/aromatic N) is 5. The number of quaternary nitrogens is 1. The fourth-order valence-electron chi connectivity index (χ4n) is 4.96. The summed E-state index contributed by atoms with van der Waals surface area (Å²) < 4.78 is 6.44. The van der Waals surface area contributed by atoms with Gasteiger partial charge >= 0.3 is 0 Å². The predicted molar refractivity (Wildman–Crippen MR) is 131 cm³/mol. The number of halogens is 1. The van der Waals surface area contributed by atoms with Gasteiger partial charge in [-0.25, -0.2) is 4.98 Å². The van der Waals surface area contributed by atoms with Gasteiger partial charge in [-0.2, -0.15) is 4.37 Å². The number of hydrogen-bond acceptors (Lipinski definition) is 7. The Morgan fingerprint density at radius 1 is 1.15 bits per heavy atom. The summed E-state index contributed by atoms with van der Waals surface area (Å²) in [5, 5.41) is 3.42. The molecular formula is C23H27ClN6OS2. The minimum atomic E-state index is 0. The zero-order valence-electron chi connectivity index (χ0n) is 18.6. The van der Waals surface area contributed by atoms with Crippen LogP contribution in [-0.4, -0.2) is 65.1 Å². The maximum atomic E-state index is 13.2. The number of rotatable bonds is 4. The Morgan fingerprint density at radius 2 is 1.97 bits per heavy atom. The second-order valence-electron chi connectivity index (χ2n) is 8.91. The topological polar surface area (TPSA) is 58.7 Å². The van der Waals surface area contributed by atoms with Crippen LogP contribution in [0.5, 0.6) is 0 Å². The van der Waals surface area contributed by atoms with Crippen molar-refractivity contribution in [1.82, 2.24) is 18.8 Å². The van der Waals surface area contributed by atoms with Crippen LogP contribution in [0.4, 0.5) is 5.00 Å². The van der Waals surface area contributed by atoms with Gasteiger partial charge in [-0.1, -0.05) is 12.1 Å². The van der Waals surface area contributed by atoms with Gasteiger partial charge in [0.15, 0.2) is 0 Å². The molecule has 0 radical (unpaired) electrons. The highest BCUT2D eigenvalue weighted by Gasteiger charge is 2.24. The molecule has 0 unspecified atom stereocenters. The monoisotopic (exact) mass is 502 g/mol. The molecule has 6 rings (SSSR count). The zero-order chi connectivity index (χ0) is 21.7. The van der Waals surface area contributed by atoms with E-state index in [4.69, 9.17) is 0 Å². The maximum absolute atomic E-state index is 13.2. The van der Waals surface area contributed by atoms with Gasteiger partial charge in [0.05, 0.1) is 56.5 Å². The third-order valence-electron chi connectivity index (χ3n) is 6.85. The van der Waals surface area contributed by atoms with E-state index >= 15 is 0 Å². The van der Waals surface area contributed by atoms with E-state index in [1.165, 1.54) is 20.8 Å². The quantitative estimate of drug-likeness (QED) is 0.367. The van der Waals surface area contributed by atoms with Crippen LogP contribution in [0.2, 0.25) is 0 Å². The third-order valence-corrected chi connectivity index (χ3v) is 8.91.